The van der Waals surface area contributed by atoms with Gasteiger partial charge in [0.05, 0.1) is 28.7 Å². The Balaban J connectivity index is 1.63. The zero-order valence-corrected chi connectivity index (χ0v) is 17.8. The molecule has 7 nitrogen and oxygen atoms in total. The second-order valence-corrected chi connectivity index (χ2v) is 10.4. The Morgan fingerprint density at radius 1 is 1.23 bits per heavy atom. The summed E-state index contributed by atoms with van der Waals surface area (Å²) in [6.45, 7) is 3.81. The van der Waals surface area contributed by atoms with Gasteiger partial charge in [0, 0.05) is 28.9 Å². The third-order valence-electron chi connectivity index (χ3n) is 6.25. The second kappa shape index (κ2) is 6.62. The minimum atomic E-state index is -3.61. The molecular formula is C22H23N5O2S. The van der Waals surface area contributed by atoms with Gasteiger partial charge in [0.25, 0.3) is 0 Å². The van der Waals surface area contributed by atoms with E-state index < -0.39 is 10.0 Å². The standard InChI is InChI=1S/C22H23N5O2S/c1-14-10-17-18(11-23)21(27(15-4-3-5-15)20(17)13-24-14)19-7-6-16(12-25-19)30(28,29)26-22(2)8-9-22/h6-7,10,12-13,15,26H,3-5,8-9H2,1-2H3. The van der Waals surface area contributed by atoms with Crippen LogP contribution in [0.5, 0.6) is 0 Å². The van der Waals surface area contributed by atoms with Crippen LogP contribution in [-0.2, 0) is 10.0 Å². The van der Waals surface area contributed by atoms with Gasteiger partial charge in [0.2, 0.25) is 10.0 Å². The van der Waals surface area contributed by atoms with Crippen molar-refractivity contribution in [1.82, 2.24) is 19.3 Å². The van der Waals surface area contributed by atoms with Gasteiger partial charge in [-0.25, -0.2) is 13.1 Å². The predicted octanol–water partition coefficient (Wildman–Crippen LogP) is 3.83. The molecule has 3 aromatic heterocycles. The van der Waals surface area contributed by atoms with Crippen LogP contribution in [0.15, 0.2) is 35.5 Å². The van der Waals surface area contributed by atoms with Crippen LogP contribution in [0.4, 0.5) is 0 Å². The topological polar surface area (TPSA) is 101 Å². The van der Waals surface area contributed by atoms with Crippen molar-refractivity contribution in [2.24, 2.45) is 0 Å². The number of fused-ring (bicyclic) bond motifs is 1. The molecule has 1 N–H and O–H groups in total. The highest BCUT2D eigenvalue weighted by Gasteiger charge is 2.41. The Hall–Kier alpha value is -2.76. The SMILES string of the molecule is Cc1cc2c(C#N)c(-c3ccc(S(=O)(=O)NC4(C)CC4)cn3)n(C3CCC3)c2cn1. The third kappa shape index (κ3) is 3.09. The molecule has 0 saturated heterocycles. The van der Waals surface area contributed by atoms with E-state index in [0.29, 0.717) is 17.3 Å². The van der Waals surface area contributed by atoms with Crippen molar-refractivity contribution in [3.63, 3.8) is 0 Å². The molecule has 2 aliphatic rings. The first-order valence-corrected chi connectivity index (χ1v) is 11.7. The van der Waals surface area contributed by atoms with Crippen molar-refractivity contribution in [2.75, 3.05) is 0 Å². The van der Waals surface area contributed by atoms with Crippen molar-refractivity contribution in [1.29, 1.82) is 5.26 Å². The number of nitrogens with one attached hydrogen (secondary N) is 1. The van der Waals surface area contributed by atoms with Crippen molar-refractivity contribution < 1.29 is 8.42 Å². The molecule has 30 heavy (non-hydrogen) atoms. The smallest absolute Gasteiger partial charge is 0.242 e. The summed E-state index contributed by atoms with van der Waals surface area (Å²) in [6, 6.07) is 7.87. The van der Waals surface area contributed by atoms with Gasteiger partial charge in [-0.2, -0.15) is 5.26 Å². The molecule has 0 aliphatic heterocycles. The van der Waals surface area contributed by atoms with E-state index >= 15 is 0 Å². The first-order chi connectivity index (χ1) is 14.3. The normalized spacial score (nSPS) is 18.2. The van der Waals surface area contributed by atoms with Crippen molar-refractivity contribution in [3.8, 4) is 17.5 Å². The molecule has 154 valence electrons. The van der Waals surface area contributed by atoms with E-state index in [4.69, 9.17) is 0 Å². The number of aromatic nitrogens is 3. The van der Waals surface area contributed by atoms with E-state index in [2.05, 4.69) is 25.3 Å². The number of hydrogen-bond acceptors (Lipinski definition) is 5. The summed E-state index contributed by atoms with van der Waals surface area (Å²) in [5.74, 6) is 0. The number of nitriles is 1. The summed E-state index contributed by atoms with van der Waals surface area (Å²) in [6.07, 6.45) is 8.15. The maximum atomic E-state index is 12.7. The first kappa shape index (κ1) is 19.2. The number of sulfonamides is 1. The third-order valence-corrected chi connectivity index (χ3v) is 7.87. The molecule has 3 heterocycles. The molecule has 0 atom stereocenters. The van der Waals surface area contributed by atoms with Gasteiger partial charge >= 0.3 is 0 Å². The molecule has 0 radical (unpaired) electrons. The predicted molar refractivity (Wildman–Crippen MR) is 113 cm³/mol. The lowest BCUT2D eigenvalue weighted by molar-refractivity contribution is 0.324. The van der Waals surface area contributed by atoms with Gasteiger partial charge in [-0.3, -0.25) is 9.97 Å². The van der Waals surface area contributed by atoms with Crippen molar-refractivity contribution in [3.05, 3.63) is 41.9 Å². The minimum absolute atomic E-state index is 0.140. The number of pyridine rings is 2. The maximum absolute atomic E-state index is 12.7. The summed E-state index contributed by atoms with van der Waals surface area (Å²) in [7, 11) is -3.61. The van der Waals surface area contributed by atoms with Gasteiger partial charge in [-0.1, -0.05) is 0 Å². The van der Waals surface area contributed by atoms with Crippen LogP contribution in [0.25, 0.3) is 22.3 Å². The van der Waals surface area contributed by atoms with E-state index in [9.17, 15) is 13.7 Å². The Morgan fingerprint density at radius 3 is 2.57 bits per heavy atom. The van der Waals surface area contributed by atoms with Crippen LogP contribution in [0.1, 0.15) is 56.3 Å². The summed E-state index contributed by atoms with van der Waals surface area (Å²) < 4.78 is 30.2. The number of aryl methyl sites for hydroxylation is 1. The molecule has 0 amide bonds. The van der Waals surface area contributed by atoms with E-state index in [1.807, 2.05) is 26.1 Å². The fraction of sp³-hybridized carbons (Fsp3) is 0.409. The Kier molecular flexibility index (Phi) is 4.24. The molecular weight excluding hydrogens is 398 g/mol. The fourth-order valence-corrected chi connectivity index (χ4v) is 5.46. The monoisotopic (exact) mass is 421 g/mol. The molecule has 2 aliphatic carbocycles. The molecule has 5 rings (SSSR count). The lowest BCUT2D eigenvalue weighted by atomic mass is 9.92. The van der Waals surface area contributed by atoms with E-state index in [0.717, 1.165) is 54.4 Å². The fourth-order valence-electron chi connectivity index (χ4n) is 4.05. The van der Waals surface area contributed by atoms with Crippen LogP contribution in [-0.4, -0.2) is 28.5 Å². The molecule has 0 unspecified atom stereocenters. The van der Waals surface area contributed by atoms with Crippen molar-refractivity contribution >= 4 is 20.9 Å². The van der Waals surface area contributed by atoms with Gasteiger partial charge in [0.1, 0.15) is 11.0 Å². The Bertz CT molecular complexity index is 1290. The average molecular weight is 422 g/mol. The summed E-state index contributed by atoms with van der Waals surface area (Å²) in [5, 5.41) is 10.8. The quantitative estimate of drug-likeness (QED) is 0.675. The minimum Gasteiger partial charge on any atom is -0.334 e. The Morgan fingerprint density at radius 2 is 2.00 bits per heavy atom. The zero-order valence-electron chi connectivity index (χ0n) is 17.0. The summed E-state index contributed by atoms with van der Waals surface area (Å²) in [5.41, 5.74) is 3.35. The van der Waals surface area contributed by atoms with E-state index in [1.165, 1.54) is 6.20 Å². The molecule has 0 bridgehead atoms. The van der Waals surface area contributed by atoms with Crippen LogP contribution >= 0.6 is 0 Å². The molecule has 0 spiro atoms. The summed E-state index contributed by atoms with van der Waals surface area (Å²) in [4.78, 5) is 9.06. The highest BCUT2D eigenvalue weighted by molar-refractivity contribution is 7.89. The lowest BCUT2D eigenvalue weighted by Gasteiger charge is -2.29. The van der Waals surface area contributed by atoms with E-state index in [-0.39, 0.29) is 10.4 Å². The van der Waals surface area contributed by atoms with Gasteiger partial charge in [-0.15, -0.1) is 0 Å². The molecule has 8 heteroatoms. The number of hydrogen-bond donors (Lipinski definition) is 1. The van der Waals surface area contributed by atoms with Crippen LogP contribution < -0.4 is 4.72 Å². The maximum Gasteiger partial charge on any atom is 0.242 e. The van der Waals surface area contributed by atoms with Gasteiger partial charge < -0.3 is 4.57 Å². The molecule has 2 fully saturated rings. The summed E-state index contributed by atoms with van der Waals surface area (Å²) >= 11 is 0. The first-order valence-electron chi connectivity index (χ1n) is 10.2. The second-order valence-electron chi connectivity index (χ2n) is 8.68. The molecule has 2 saturated carbocycles. The van der Waals surface area contributed by atoms with Gasteiger partial charge in [-0.05, 0) is 64.2 Å². The van der Waals surface area contributed by atoms with E-state index in [1.54, 1.807) is 12.1 Å². The van der Waals surface area contributed by atoms with Gasteiger partial charge in [0.15, 0.2) is 0 Å². The number of rotatable bonds is 5. The van der Waals surface area contributed by atoms with Crippen molar-refractivity contribution in [2.45, 2.75) is 62.4 Å². The highest BCUT2D eigenvalue weighted by atomic mass is 32.2. The lowest BCUT2D eigenvalue weighted by Crippen LogP contribution is -2.34. The molecule has 3 aromatic rings. The van der Waals surface area contributed by atoms with Crippen LogP contribution in [0.3, 0.4) is 0 Å². The van der Waals surface area contributed by atoms with Crippen LogP contribution in [0.2, 0.25) is 0 Å². The zero-order chi connectivity index (χ0) is 21.1. The molecule has 0 aromatic carbocycles. The van der Waals surface area contributed by atoms with Crippen LogP contribution in [0, 0.1) is 18.3 Å². The highest BCUT2D eigenvalue weighted by Crippen LogP contribution is 2.42. The average Bonchev–Trinajstić information content (AvgIpc) is 3.30. The number of nitrogens with zero attached hydrogens (tertiary/aromatic N) is 4. The Labute approximate surface area is 175 Å². The largest absolute Gasteiger partial charge is 0.334 e.